The molecular formula is C22H13F2N3O5. The molecule has 4 aromatic rings. The first-order valence-corrected chi connectivity index (χ1v) is 9.44. The minimum absolute atomic E-state index is 0.00566. The average molecular weight is 437 g/mol. The maximum absolute atomic E-state index is 14.8. The first-order valence-electron chi connectivity index (χ1n) is 9.44. The van der Waals surface area contributed by atoms with Crippen LogP contribution in [0.5, 0.6) is 0 Å². The van der Waals surface area contributed by atoms with Crippen LogP contribution in [0, 0.1) is 5.82 Å². The summed E-state index contributed by atoms with van der Waals surface area (Å²) >= 11 is 0. The van der Waals surface area contributed by atoms with E-state index in [-0.39, 0.29) is 57.2 Å². The number of carboxylic acids is 1. The molecule has 1 amide bonds. The lowest BCUT2D eigenvalue weighted by atomic mass is 10.0. The van der Waals surface area contributed by atoms with Gasteiger partial charge in [-0.05, 0) is 29.8 Å². The summed E-state index contributed by atoms with van der Waals surface area (Å²) in [5.41, 5.74) is -0.789. The van der Waals surface area contributed by atoms with Crippen molar-refractivity contribution in [2.24, 2.45) is 4.99 Å². The van der Waals surface area contributed by atoms with E-state index in [0.717, 1.165) is 12.3 Å². The number of fused-ring (bicyclic) bond motifs is 3. The maximum atomic E-state index is 14.8. The van der Waals surface area contributed by atoms with E-state index in [1.54, 1.807) is 0 Å². The minimum Gasteiger partial charge on any atom is -0.477 e. The number of halogens is 2. The van der Waals surface area contributed by atoms with Crippen LogP contribution in [0.1, 0.15) is 16.9 Å². The van der Waals surface area contributed by atoms with E-state index in [9.17, 15) is 28.3 Å². The van der Waals surface area contributed by atoms with Crippen molar-refractivity contribution in [2.45, 2.75) is 13.0 Å². The maximum Gasteiger partial charge on any atom is 0.353 e. The Morgan fingerprint density at radius 2 is 2.09 bits per heavy atom. The summed E-state index contributed by atoms with van der Waals surface area (Å²) in [6.07, 6.45) is 3.05. The van der Waals surface area contributed by atoms with Gasteiger partial charge >= 0.3 is 5.97 Å². The number of allylic oxidation sites excluding steroid dienone is 1. The van der Waals surface area contributed by atoms with Gasteiger partial charge in [-0.15, -0.1) is 0 Å². The molecule has 0 bridgehead atoms. The fraction of sp³-hybridized carbons (Fsp3) is 0.0909. The van der Waals surface area contributed by atoms with Crippen molar-refractivity contribution in [2.75, 3.05) is 0 Å². The van der Waals surface area contributed by atoms with Gasteiger partial charge < -0.3 is 19.1 Å². The Bertz CT molecular complexity index is 1570. The summed E-state index contributed by atoms with van der Waals surface area (Å²) in [6.45, 7) is -0.363. The molecule has 3 aromatic heterocycles. The van der Waals surface area contributed by atoms with Gasteiger partial charge in [-0.2, -0.15) is 0 Å². The van der Waals surface area contributed by atoms with Crippen LogP contribution in [0.25, 0.3) is 33.0 Å². The predicted molar refractivity (Wildman–Crippen MR) is 111 cm³/mol. The van der Waals surface area contributed by atoms with Crippen LogP contribution in [0.4, 0.5) is 8.78 Å². The van der Waals surface area contributed by atoms with Crippen LogP contribution in [-0.4, -0.2) is 32.7 Å². The van der Waals surface area contributed by atoms with Crippen LogP contribution in [-0.2, 0) is 11.3 Å². The number of hydrogen-bond acceptors (Lipinski definition) is 4. The van der Waals surface area contributed by atoms with Crippen molar-refractivity contribution in [1.82, 2.24) is 9.55 Å². The minimum atomic E-state index is -1.42. The van der Waals surface area contributed by atoms with Crippen molar-refractivity contribution in [3.63, 3.8) is 0 Å². The SMILES string of the molecule is O=C1CC(Cn2c(C(=O)O)c(-c3ccc[nH]c3=O)c3c4occc4c(F)cc32)=C(F)C=N1. The summed E-state index contributed by atoms with van der Waals surface area (Å²) in [5.74, 6) is -3.46. The number of aliphatic imine (C=N–C) groups is 1. The third kappa shape index (κ3) is 2.88. The van der Waals surface area contributed by atoms with E-state index in [1.807, 2.05) is 0 Å². The van der Waals surface area contributed by atoms with Crippen molar-refractivity contribution in [1.29, 1.82) is 0 Å². The van der Waals surface area contributed by atoms with Crippen LogP contribution in [0.3, 0.4) is 0 Å². The van der Waals surface area contributed by atoms with Crippen LogP contribution in [0.2, 0.25) is 0 Å². The molecule has 0 saturated heterocycles. The van der Waals surface area contributed by atoms with Crippen LogP contribution < -0.4 is 5.56 Å². The Morgan fingerprint density at radius 1 is 1.28 bits per heavy atom. The van der Waals surface area contributed by atoms with Gasteiger partial charge in [0.2, 0.25) is 5.91 Å². The number of benzene rings is 1. The number of aromatic carboxylic acids is 1. The van der Waals surface area contributed by atoms with Crippen molar-refractivity contribution in [3.05, 3.63) is 70.0 Å². The second-order valence-electron chi connectivity index (χ2n) is 7.22. The molecule has 1 aromatic carbocycles. The Labute approximate surface area is 177 Å². The number of nitrogens with one attached hydrogen (secondary N) is 1. The Morgan fingerprint density at radius 3 is 2.84 bits per heavy atom. The van der Waals surface area contributed by atoms with Gasteiger partial charge in [-0.1, -0.05) is 0 Å². The zero-order valence-corrected chi connectivity index (χ0v) is 16.2. The lowest BCUT2D eigenvalue weighted by molar-refractivity contribution is -0.117. The second-order valence-corrected chi connectivity index (χ2v) is 7.22. The summed E-state index contributed by atoms with van der Waals surface area (Å²) < 4.78 is 35.8. The Kier molecular flexibility index (Phi) is 4.36. The number of dihydropyridines is 1. The van der Waals surface area contributed by atoms with E-state index in [4.69, 9.17) is 4.42 Å². The number of aromatic nitrogens is 2. The number of amides is 1. The zero-order valence-electron chi connectivity index (χ0n) is 16.2. The lowest BCUT2D eigenvalue weighted by Crippen LogP contribution is -2.16. The van der Waals surface area contributed by atoms with Crippen molar-refractivity contribution < 1.29 is 27.9 Å². The van der Waals surface area contributed by atoms with E-state index in [1.165, 1.54) is 35.2 Å². The predicted octanol–water partition coefficient (Wildman–Crippen LogP) is 3.80. The topological polar surface area (TPSA) is 118 Å². The molecule has 160 valence electrons. The standard InChI is InChI=1S/C22H13F2N3O5/c23-13-7-15-18(20-11(13)3-5-32-20)17(12-2-1-4-25-21(12)29)19(22(30)31)27(15)9-10-6-16(28)26-8-14(10)24/h1-5,7-8H,6,9H2,(H,25,29)(H,30,31). The number of carbonyl (C=O) groups excluding carboxylic acids is 1. The second kappa shape index (κ2) is 7.12. The van der Waals surface area contributed by atoms with Gasteiger partial charge in [-0.25, -0.2) is 18.6 Å². The molecule has 0 fully saturated rings. The number of rotatable bonds is 4. The number of carbonyl (C=O) groups is 2. The molecule has 5 rings (SSSR count). The monoisotopic (exact) mass is 437 g/mol. The molecule has 0 atom stereocenters. The van der Waals surface area contributed by atoms with Crippen LogP contribution in [0.15, 0.2) is 62.3 Å². The molecule has 1 aliphatic heterocycles. The first-order chi connectivity index (χ1) is 15.4. The molecule has 8 nitrogen and oxygen atoms in total. The fourth-order valence-electron chi connectivity index (χ4n) is 4.03. The molecule has 4 heterocycles. The van der Waals surface area contributed by atoms with Gasteiger partial charge in [0, 0.05) is 18.3 Å². The quantitative estimate of drug-likeness (QED) is 0.504. The number of nitrogens with zero attached hydrogens (tertiary/aromatic N) is 2. The van der Waals surface area contributed by atoms with E-state index >= 15 is 0 Å². The molecule has 0 saturated carbocycles. The smallest absolute Gasteiger partial charge is 0.353 e. The third-order valence-electron chi connectivity index (χ3n) is 5.38. The highest BCUT2D eigenvalue weighted by molar-refractivity contribution is 6.17. The number of pyridine rings is 1. The van der Waals surface area contributed by atoms with Gasteiger partial charge in [0.05, 0.1) is 40.8 Å². The third-order valence-corrected chi connectivity index (χ3v) is 5.38. The van der Waals surface area contributed by atoms with E-state index in [2.05, 4.69) is 9.98 Å². The van der Waals surface area contributed by atoms with Crippen molar-refractivity contribution >= 4 is 40.0 Å². The summed E-state index contributed by atoms with van der Waals surface area (Å²) in [7, 11) is 0. The number of H-pyrrole nitrogens is 1. The zero-order chi connectivity index (χ0) is 22.6. The summed E-state index contributed by atoms with van der Waals surface area (Å²) in [6, 6.07) is 5.45. The highest BCUT2D eigenvalue weighted by Crippen LogP contribution is 2.40. The number of aromatic amines is 1. The first kappa shape index (κ1) is 19.6. The highest BCUT2D eigenvalue weighted by Gasteiger charge is 2.30. The van der Waals surface area contributed by atoms with Gasteiger partial charge in [0.25, 0.3) is 5.56 Å². The Hall–Kier alpha value is -4.34. The molecule has 1 aliphatic rings. The van der Waals surface area contributed by atoms with Gasteiger partial charge in [0.1, 0.15) is 22.9 Å². The number of carboxylic acid groups (broad SMARTS) is 1. The van der Waals surface area contributed by atoms with E-state index in [0.29, 0.717) is 0 Å². The number of furan rings is 1. The molecule has 0 aliphatic carbocycles. The Balaban J connectivity index is 1.93. The van der Waals surface area contributed by atoms with E-state index < -0.39 is 29.1 Å². The molecule has 32 heavy (non-hydrogen) atoms. The molecule has 2 N–H and O–H groups in total. The highest BCUT2D eigenvalue weighted by atomic mass is 19.1. The summed E-state index contributed by atoms with van der Waals surface area (Å²) in [5, 5.41) is 10.4. The molecule has 0 radical (unpaired) electrons. The lowest BCUT2D eigenvalue weighted by Gasteiger charge is -2.14. The molecular weight excluding hydrogens is 424 g/mol. The molecule has 10 heteroatoms. The van der Waals surface area contributed by atoms with Gasteiger partial charge in [0.15, 0.2) is 0 Å². The summed E-state index contributed by atoms with van der Waals surface area (Å²) in [4.78, 5) is 42.6. The van der Waals surface area contributed by atoms with Crippen LogP contribution >= 0.6 is 0 Å². The normalized spacial score (nSPS) is 14.1. The number of hydrogen-bond donors (Lipinski definition) is 2. The fourth-order valence-corrected chi connectivity index (χ4v) is 4.03. The average Bonchev–Trinajstić information content (AvgIpc) is 3.35. The van der Waals surface area contributed by atoms with Gasteiger partial charge in [-0.3, -0.25) is 9.59 Å². The molecule has 0 spiro atoms. The molecule has 0 unspecified atom stereocenters. The largest absolute Gasteiger partial charge is 0.477 e. The van der Waals surface area contributed by atoms with Crippen molar-refractivity contribution in [3.8, 4) is 11.1 Å².